The van der Waals surface area contributed by atoms with Gasteiger partial charge in [0.05, 0.1) is 5.92 Å². The maximum atomic E-state index is 13.9. The van der Waals surface area contributed by atoms with E-state index in [1.807, 2.05) is 42.5 Å². The van der Waals surface area contributed by atoms with E-state index in [2.05, 4.69) is 28.7 Å². The molecule has 0 saturated carbocycles. The predicted octanol–water partition coefficient (Wildman–Crippen LogP) is 3.19. The van der Waals surface area contributed by atoms with Gasteiger partial charge in [-0.2, -0.15) is 0 Å². The molecule has 0 spiro atoms. The van der Waals surface area contributed by atoms with E-state index in [0.717, 1.165) is 16.8 Å². The van der Waals surface area contributed by atoms with Crippen LogP contribution in [0.15, 0.2) is 37.1 Å². The van der Waals surface area contributed by atoms with Gasteiger partial charge in [0.2, 0.25) is 5.91 Å². The zero-order valence-electron chi connectivity index (χ0n) is 24.4. The second-order valence-corrected chi connectivity index (χ2v) is 9.34. The van der Waals surface area contributed by atoms with Crippen molar-refractivity contribution in [1.29, 1.82) is 0 Å². The summed E-state index contributed by atoms with van der Waals surface area (Å²) in [5, 5.41) is 3.16. The van der Waals surface area contributed by atoms with Crippen LogP contribution in [0, 0.1) is 5.92 Å². The molecule has 0 bridgehead atoms. The number of hydrogen-bond donors (Lipinski definition) is 2. The molecule has 7 nitrogen and oxygen atoms in total. The van der Waals surface area contributed by atoms with E-state index in [0.29, 0.717) is 32.5 Å². The molecule has 3 unspecified atom stereocenters. The lowest BCUT2D eigenvalue weighted by Crippen LogP contribution is -2.55. The fourth-order valence-electron chi connectivity index (χ4n) is 5.55. The van der Waals surface area contributed by atoms with Gasteiger partial charge in [-0.3, -0.25) is 14.6 Å². The van der Waals surface area contributed by atoms with Crippen molar-refractivity contribution < 1.29 is 16.4 Å². The molecule has 1 aliphatic carbocycles. The first-order valence-corrected chi connectivity index (χ1v) is 11.6. The Hall–Kier alpha value is -2.64. The topological polar surface area (TPSA) is 71.7 Å². The Kier molecular flexibility index (Phi) is 5.44. The van der Waals surface area contributed by atoms with Gasteiger partial charge in [-0.1, -0.05) is 18.2 Å². The zero-order valence-corrected chi connectivity index (χ0v) is 19.4. The molecule has 1 saturated heterocycles. The molecular formula is C26H37N5O2. The number of nitrogens with one attached hydrogen (secondary N) is 2. The minimum Gasteiger partial charge on any atom is -0.361 e. The smallest absolute Gasteiger partial charge is 0.324 e. The average Bonchev–Trinajstić information content (AvgIpc) is 3.25. The Bertz CT molecular complexity index is 1190. The molecular weight excluding hydrogens is 414 g/mol. The van der Waals surface area contributed by atoms with Crippen LogP contribution in [0.25, 0.3) is 10.9 Å². The van der Waals surface area contributed by atoms with Crippen LogP contribution in [-0.2, 0) is 11.2 Å². The first-order valence-electron chi connectivity index (χ1n) is 14.1. The SMILES string of the molecule is [2H]C([2H])([2H])C([2H])([2H])NC(=O)N(CCCN(C)C)C(=O)C1CC2c3cccc4[nH]cc(c34)CC2N(CC=C)C1. The van der Waals surface area contributed by atoms with E-state index < -0.39 is 31.2 Å². The van der Waals surface area contributed by atoms with Crippen LogP contribution in [0.4, 0.5) is 4.79 Å². The molecule has 0 radical (unpaired) electrons. The first-order chi connectivity index (χ1) is 17.8. The maximum Gasteiger partial charge on any atom is 0.324 e. The highest BCUT2D eigenvalue weighted by Gasteiger charge is 2.43. The molecule has 1 fully saturated rings. The van der Waals surface area contributed by atoms with Gasteiger partial charge < -0.3 is 15.2 Å². The van der Waals surface area contributed by atoms with Crippen molar-refractivity contribution in [3.63, 3.8) is 0 Å². The highest BCUT2D eigenvalue weighted by Crippen LogP contribution is 2.45. The quantitative estimate of drug-likeness (QED) is 0.599. The summed E-state index contributed by atoms with van der Waals surface area (Å²) in [5.74, 6) is -0.858. The fraction of sp³-hybridized carbons (Fsp3) is 0.538. The van der Waals surface area contributed by atoms with Crippen molar-refractivity contribution in [2.75, 3.05) is 46.8 Å². The van der Waals surface area contributed by atoms with Gasteiger partial charge in [-0.25, -0.2) is 4.79 Å². The normalized spacial score (nSPS) is 25.3. The maximum absolute atomic E-state index is 13.9. The van der Waals surface area contributed by atoms with Crippen LogP contribution in [0.5, 0.6) is 0 Å². The molecule has 1 aromatic heterocycles. The standard InChI is InChI=1S/C26H37N5O2/c1-5-11-30-17-19(25(32)31(26(33)27-6-2)13-8-12-29(3)4)14-21-20-9-7-10-22-24(20)18(16-28-22)15-23(21)30/h5,7,9-10,16,19,21,23,28H,1,6,8,11-15,17H2,2-4H3,(H,27,33)/i2D3,6D2. The number of amides is 3. The Balaban J connectivity index is 1.63. The average molecular weight is 457 g/mol. The number of aromatic nitrogens is 1. The lowest BCUT2D eigenvalue weighted by atomic mass is 9.72. The van der Waals surface area contributed by atoms with Crippen molar-refractivity contribution in [2.24, 2.45) is 5.92 Å². The first kappa shape index (κ1) is 17.8. The Morgan fingerprint density at radius 1 is 1.39 bits per heavy atom. The van der Waals surface area contributed by atoms with E-state index in [-0.39, 0.29) is 18.5 Å². The lowest BCUT2D eigenvalue weighted by molar-refractivity contribution is -0.135. The van der Waals surface area contributed by atoms with Crippen LogP contribution in [0.1, 0.15) is 43.6 Å². The zero-order chi connectivity index (χ0) is 27.8. The third-order valence-corrected chi connectivity index (χ3v) is 6.96. The Morgan fingerprint density at radius 3 is 3.00 bits per heavy atom. The molecule has 2 aliphatic rings. The van der Waals surface area contributed by atoms with Crippen molar-refractivity contribution in [3.05, 3.63) is 48.2 Å². The number of hydrogen-bond acceptors (Lipinski definition) is 4. The van der Waals surface area contributed by atoms with Gasteiger partial charge in [0.1, 0.15) is 0 Å². The van der Waals surface area contributed by atoms with Crippen LogP contribution in [0.2, 0.25) is 0 Å². The number of likely N-dealkylation sites (tertiary alicyclic amines) is 1. The van der Waals surface area contributed by atoms with Gasteiger partial charge in [0, 0.05) is 62.0 Å². The van der Waals surface area contributed by atoms with Gasteiger partial charge >= 0.3 is 6.03 Å². The van der Waals surface area contributed by atoms with E-state index in [9.17, 15) is 9.59 Å². The highest BCUT2D eigenvalue weighted by molar-refractivity contribution is 5.96. The number of benzene rings is 1. The largest absolute Gasteiger partial charge is 0.361 e. The summed E-state index contributed by atoms with van der Waals surface area (Å²) >= 11 is 0. The predicted molar refractivity (Wildman–Crippen MR) is 132 cm³/mol. The summed E-state index contributed by atoms with van der Waals surface area (Å²) in [6.45, 7) is -0.436. The van der Waals surface area contributed by atoms with Gasteiger partial charge in [0.15, 0.2) is 0 Å². The van der Waals surface area contributed by atoms with Gasteiger partial charge in [0.25, 0.3) is 0 Å². The highest BCUT2D eigenvalue weighted by atomic mass is 16.2. The summed E-state index contributed by atoms with van der Waals surface area (Å²) in [4.78, 5) is 35.7. The summed E-state index contributed by atoms with van der Waals surface area (Å²) in [7, 11) is 3.76. The van der Waals surface area contributed by atoms with Crippen LogP contribution < -0.4 is 5.32 Å². The number of fused-ring (bicyclic) bond motifs is 2. The molecule has 1 aliphatic heterocycles. The van der Waals surface area contributed by atoms with Crippen molar-refractivity contribution in [2.45, 2.75) is 38.1 Å². The number of nitrogens with zero attached hydrogens (tertiary/aromatic N) is 3. The Morgan fingerprint density at radius 2 is 2.24 bits per heavy atom. The van der Waals surface area contributed by atoms with Crippen LogP contribution >= 0.6 is 0 Å². The van der Waals surface area contributed by atoms with E-state index in [4.69, 9.17) is 6.85 Å². The second kappa shape index (κ2) is 10.1. The number of aromatic amines is 1. The molecule has 7 heteroatoms. The third kappa shape index (κ3) is 4.70. The number of carbonyl (C=O) groups is 2. The minimum atomic E-state index is -3.07. The number of piperidine rings is 1. The van der Waals surface area contributed by atoms with Crippen LogP contribution in [0.3, 0.4) is 0 Å². The number of rotatable bonds is 8. The fourth-order valence-corrected chi connectivity index (χ4v) is 5.55. The Labute approximate surface area is 203 Å². The van der Waals surface area contributed by atoms with E-state index >= 15 is 0 Å². The number of H-pyrrole nitrogens is 1. The lowest BCUT2D eigenvalue weighted by Gasteiger charge is -2.47. The molecule has 1 aromatic carbocycles. The van der Waals surface area contributed by atoms with Gasteiger partial charge in [-0.05, 0) is 63.9 Å². The van der Waals surface area contributed by atoms with Crippen LogP contribution in [-0.4, -0.2) is 84.4 Å². The number of urea groups is 1. The monoisotopic (exact) mass is 456 g/mol. The van der Waals surface area contributed by atoms with Crippen molar-refractivity contribution >= 4 is 22.8 Å². The molecule has 3 atom stereocenters. The molecule has 33 heavy (non-hydrogen) atoms. The van der Waals surface area contributed by atoms with E-state index in [1.54, 1.807) is 0 Å². The summed E-state index contributed by atoms with van der Waals surface area (Å²) in [6.07, 6.45) is 5.75. The van der Waals surface area contributed by atoms with Crippen molar-refractivity contribution in [1.82, 2.24) is 25.0 Å². The third-order valence-electron chi connectivity index (χ3n) is 6.96. The summed E-state index contributed by atoms with van der Waals surface area (Å²) < 4.78 is 38.1. The number of imide groups is 1. The number of carbonyl (C=O) groups excluding carboxylic acids is 2. The van der Waals surface area contributed by atoms with Crippen molar-refractivity contribution in [3.8, 4) is 0 Å². The molecule has 4 rings (SSSR count). The molecule has 3 amide bonds. The summed E-state index contributed by atoms with van der Waals surface area (Å²) in [6, 6.07) is 5.34. The van der Waals surface area contributed by atoms with E-state index in [1.165, 1.54) is 16.5 Å². The second-order valence-electron chi connectivity index (χ2n) is 9.34. The molecule has 2 heterocycles. The van der Waals surface area contributed by atoms with Gasteiger partial charge in [-0.15, -0.1) is 6.58 Å². The molecule has 178 valence electrons. The summed E-state index contributed by atoms with van der Waals surface area (Å²) in [5.41, 5.74) is 3.51. The minimum absolute atomic E-state index is 0.0590. The molecule has 2 N–H and O–H groups in total. The molecule has 2 aromatic rings.